The largest absolute Gasteiger partial charge is 0.368 e. The van der Waals surface area contributed by atoms with Crippen molar-refractivity contribution in [2.75, 3.05) is 6.54 Å². The third-order valence-corrected chi connectivity index (χ3v) is 8.35. The molecule has 2 aliphatic carbocycles. The summed E-state index contributed by atoms with van der Waals surface area (Å²) in [4.78, 5) is 62.6. The first-order valence-electron chi connectivity index (χ1n) is 13.5. The number of nitrogens with two attached hydrogens (primary N) is 1. The molecule has 2 saturated carbocycles. The van der Waals surface area contributed by atoms with E-state index >= 15 is 0 Å². The van der Waals surface area contributed by atoms with Gasteiger partial charge >= 0.3 is 0 Å². The minimum atomic E-state index is -0.875. The number of amides is 4. The summed E-state index contributed by atoms with van der Waals surface area (Å²) in [6.45, 7) is 6.15. The van der Waals surface area contributed by atoms with Gasteiger partial charge in [-0.15, -0.1) is 0 Å². The van der Waals surface area contributed by atoms with Crippen LogP contribution in [-0.4, -0.2) is 63.2 Å². The lowest BCUT2D eigenvalue weighted by atomic mass is 9.82. The molecule has 37 heavy (non-hydrogen) atoms. The number of carbonyl (C=O) groups is 4. The molecule has 0 spiro atoms. The fraction of sp³-hybridized carbons (Fsp3) is 0.704. The first-order valence-corrected chi connectivity index (χ1v) is 13.5. The van der Waals surface area contributed by atoms with Crippen molar-refractivity contribution in [3.63, 3.8) is 0 Å². The van der Waals surface area contributed by atoms with Crippen LogP contribution >= 0.6 is 0 Å². The zero-order valence-electron chi connectivity index (χ0n) is 22.1. The number of likely N-dealkylation sites (tertiary alicyclic amines) is 1. The van der Waals surface area contributed by atoms with Gasteiger partial charge in [-0.2, -0.15) is 0 Å². The van der Waals surface area contributed by atoms with Crippen molar-refractivity contribution in [1.82, 2.24) is 25.5 Å². The van der Waals surface area contributed by atoms with E-state index < -0.39 is 41.3 Å². The van der Waals surface area contributed by atoms with Crippen LogP contribution in [0.4, 0.5) is 0 Å². The van der Waals surface area contributed by atoms with E-state index in [2.05, 4.69) is 20.6 Å². The highest BCUT2D eigenvalue weighted by atomic mass is 16.2. The Morgan fingerprint density at radius 3 is 2.35 bits per heavy atom. The zero-order valence-corrected chi connectivity index (χ0v) is 22.1. The molecule has 2 heterocycles. The molecule has 5 atom stereocenters. The first kappa shape index (κ1) is 27.0. The Bertz CT molecular complexity index is 1000. The van der Waals surface area contributed by atoms with Gasteiger partial charge in [0.1, 0.15) is 23.8 Å². The van der Waals surface area contributed by atoms with Crippen molar-refractivity contribution in [3.05, 3.63) is 24.3 Å². The van der Waals surface area contributed by atoms with Gasteiger partial charge in [-0.3, -0.25) is 24.2 Å². The monoisotopic (exact) mass is 512 g/mol. The molecule has 0 aromatic carbocycles. The number of rotatable bonds is 7. The molecule has 4 amide bonds. The van der Waals surface area contributed by atoms with Crippen molar-refractivity contribution in [2.24, 2.45) is 28.9 Å². The Hall–Kier alpha value is -3.04. The number of aromatic nitrogens is 2. The van der Waals surface area contributed by atoms with E-state index in [1.165, 1.54) is 18.6 Å². The highest BCUT2D eigenvalue weighted by molar-refractivity contribution is 5.98. The van der Waals surface area contributed by atoms with Crippen molar-refractivity contribution in [3.8, 4) is 0 Å². The molecular weight excluding hydrogens is 472 g/mol. The van der Waals surface area contributed by atoms with E-state index in [9.17, 15) is 19.2 Å². The highest BCUT2D eigenvalue weighted by Gasteiger charge is 2.51. The van der Waals surface area contributed by atoms with Crippen LogP contribution in [0.5, 0.6) is 0 Å². The lowest BCUT2D eigenvalue weighted by molar-refractivity contribution is -0.144. The van der Waals surface area contributed by atoms with Crippen LogP contribution < -0.4 is 16.4 Å². The summed E-state index contributed by atoms with van der Waals surface area (Å²) in [6, 6.07) is -2.33. The second-order valence-electron chi connectivity index (χ2n) is 11.9. The van der Waals surface area contributed by atoms with Crippen molar-refractivity contribution < 1.29 is 19.2 Å². The molecule has 202 valence electrons. The van der Waals surface area contributed by atoms with Crippen LogP contribution in [0.3, 0.4) is 0 Å². The van der Waals surface area contributed by atoms with E-state index in [-0.39, 0.29) is 29.4 Å². The van der Waals surface area contributed by atoms with Crippen LogP contribution in [0.25, 0.3) is 0 Å². The molecule has 1 saturated heterocycles. The number of primary amides is 1. The van der Waals surface area contributed by atoms with E-state index in [4.69, 9.17) is 5.73 Å². The Morgan fingerprint density at radius 2 is 1.73 bits per heavy atom. The van der Waals surface area contributed by atoms with Gasteiger partial charge in [-0.25, -0.2) is 4.98 Å². The number of carbonyl (C=O) groups excluding carboxylic acids is 4. The molecule has 0 radical (unpaired) electrons. The topological polar surface area (TPSA) is 147 Å². The SMILES string of the molecule is CC(C)(C)[C@H](NC(=O)[C@@H](NC(=O)c1cnccn1)C1CCCCC1)C(=O)N1C[C@@H]2CCC[C@@H]2[C@H]1C(N)=O. The van der Waals surface area contributed by atoms with Gasteiger partial charge in [0.25, 0.3) is 5.91 Å². The Kier molecular flexibility index (Phi) is 8.14. The second kappa shape index (κ2) is 11.1. The number of hydrogen-bond acceptors (Lipinski definition) is 6. The van der Waals surface area contributed by atoms with Crippen LogP contribution in [0.1, 0.15) is 82.6 Å². The highest BCUT2D eigenvalue weighted by Crippen LogP contribution is 2.43. The molecule has 3 aliphatic rings. The second-order valence-corrected chi connectivity index (χ2v) is 11.9. The minimum Gasteiger partial charge on any atom is -0.368 e. The van der Waals surface area contributed by atoms with E-state index in [1.54, 1.807) is 4.90 Å². The molecule has 1 aromatic heterocycles. The van der Waals surface area contributed by atoms with Crippen LogP contribution in [0.2, 0.25) is 0 Å². The molecular formula is C27H40N6O4. The van der Waals surface area contributed by atoms with Crippen molar-refractivity contribution in [2.45, 2.75) is 90.3 Å². The lowest BCUT2D eigenvalue weighted by Gasteiger charge is -2.37. The Labute approximate surface area is 218 Å². The van der Waals surface area contributed by atoms with Crippen LogP contribution in [0, 0.1) is 23.2 Å². The predicted molar refractivity (Wildman–Crippen MR) is 137 cm³/mol. The zero-order chi connectivity index (χ0) is 26.7. The maximum Gasteiger partial charge on any atom is 0.272 e. The third-order valence-electron chi connectivity index (χ3n) is 8.35. The molecule has 10 heteroatoms. The molecule has 10 nitrogen and oxygen atoms in total. The molecule has 1 aromatic rings. The quantitative estimate of drug-likeness (QED) is 0.507. The summed E-state index contributed by atoms with van der Waals surface area (Å²) in [5, 5.41) is 5.85. The van der Waals surface area contributed by atoms with Gasteiger partial charge in [-0.05, 0) is 48.9 Å². The molecule has 0 bridgehead atoms. The molecule has 4 rings (SSSR count). The maximum atomic E-state index is 13.9. The predicted octanol–water partition coefficient (Wildman–Crippen LogP) is 1.80. The van der Waals surface area contributed by atoms with Gasteiger partial charge in [0.05, 0.1) is 6.20 Å². The van der Waals surface area contributed by atoms with E-state index in [0.29, 0.717) is 6.54 Å². The first-order chi connectivity index (χ1) is 17.6. The van der Waals surface area contributed by atoms with E-state index in [0.717, 1.165) is 51.4 Å². The standard InChI is InChI=1S/C27H40N6O4/c1-27(2,3)22(26(37)33-15-17-10-7-11-18(17)21(33)23(28)34)32-25(36)20(16-8-5-4-6-9-16)31-24(35)19-14-29-12-13-30-19/h12-14,16-18,20-22H,4-11,15H2,1-3H3,(H2,28,34)(H,31,35)(H,32,36)/t17-,18-,20-,21-,22+/m0/s1. The van der Waals surface area contributed by atoms with Crippen molar-refractivity contribution in [1.29, 1.82) is 0 Å². The molecule has 3 fully saturated rings. The number of nitrogens with zero attached hydrogens (tertiary/aromatic N) is 3. The number of fused-ring (bicyclic) bond motifs is 1. The van der Waals surface area contributed by atoms with Crippen LogP contribution in [0.15, 0.2) is 18.6 Å². The number of nitrogens with one attached hydrogen (secondary N) is 2. The summed E-state index contributed by atoms with van der Waals surface area (Å²) in [5.41, 5.74) is 5.28. The maximum absolute atomic E-state index is 13.9. The lowest BCUT2D eigenvalue weighted by Crippen LogP contribution is -2.61. The smallest absolute Gasteiger partial charge is 0.272 e. The molecule has 0 unspecified atom stereocenters. The van der Waals surface area contributed by atoms with Gasteiger partial charge in [0, 0.05) is 18.9 Å². The molecule has 4 N–H and O–H groups in total. The Morgan fingerprint density at radius 1 is 1.00 bits per heavy atom. The normalized spacial score (nSPS) is 25.7. The fourth-order valence-electron chi connectivity index (χ4n) is 6.44. The average molecular weight is 513 g/mol. The summed E-state index contributed by atoms with van der Waals surface area (Å²) in [6.07, 6.45) is 11.8. The average Bonchev–Trinajstić information content (AvgIpc) is 3.47. The summed E-state index contributed by atoms with van der Waals surface area (Å²) >= 11 is 0. The van der Waals surface area contributed by atoms with Gasteiger partial charge in [0.2, 0.25) is 17.7 Å². The third kappa shape index (κ3) is 5.93. The summed E-state index contributed by atoms with van der Waals surface area (Å²) in [5.74, 6) is -1.35. The van der Waals surface area contributed by atoms with E-state index in [1.807, 2.05) is 20.8 Å². The fourth-order valence-corrected chi connectivity index (χ4v) is 6.44. The summed E-state index contributed by atoms with van der Waals surface area (Å²) in [7, 11) is 0. The van der Waals surface area contributed by atoms with Gasteiger partial charge < -0.3 is 21.3 Å². The molecule has 1 aliphatic heterocycles. The minimum absolute atomic E-state index is 0.0467. The van der Waals surface area contributed by atoms with Gasteiger partial charge in [-0.1, -0.05) is 46.5 Å². The van der Waals surface area contributed by atoms with Crippen LogP contribution in [-0.2, 0) is 14.4 Å². The Balaban J connectivity index is 1.56. The van der Waals surface area contributed by atoms with Crippen molar-refractivity contribution >= 4 is 23.6 Å². The number of hydrogen-bond donors (Lipinski definition) is 3. The summed E-state index contributed by atoms with van der Waals surface area (Å²) < 4.78 is 0. The van der Waals surface area contributed by atoms with Gasteiger partial charge in [0.15, 0.2) is 0 Å².